The molecular formula is C9H9F2NO2. The van der Waals surface area contributed by atoms with Gasteiger partial charge in [-0.25, -0.2) is 8.78 Å². The van der Waals surface area contributed by atoms with Crippen molar-refractivity contribution in [3.8, 4) is 5.75 Å². The monoisotopic (exact) mass is 201 g/mol. The van der Waals surface area contributed by atoms with Crippen molar-refractivity contribution in [2.24, 2.45) is 5.73 Å². The molecule has 0 radical (unpaired) electrons. The Labute approximate surface area is 79.5 Å². The predicted molar refractivity (Wildman–Crippen MR) is 46.1 cm³/mol. The summed E-state index contributed by atoms with van der Waals surface area (Å²) in [5, 5.41) is 0. The number of carbonyl (C=O) groups is 1. The van der Waals surface area contributed by atoms with Crippen LogP contribution >= 0.6 is 0 Å². The maximum Gasteiger partial charge on any atom is 0.263 e. The lowest BCUT2D eigenvalue weighted by molar-refractivity contribution is -0.119. The molecule has 1 aromatic carbocycles. The van der Waals surface area contributed by atoms with E-state index in [0.717, 1.165) is 0 Å². The lowest BCUT2D eigenvalue weighted by atomic mass is 10.2. The van der Waals surface area contributed by atoms with Crippen LogP contribution in [-0.4, -0.2) is 12.5 Å². The summed E-state index contributed by atoms with van der Waals surface area (Å²) in [6, 6.07) is 5.21. The number of carbonyl (C=O) groups excluding carboxylic acids is 1. The summed E-state index contributed by atoms with van der Waals surface area (Å²) >= 11 is 0. The lowest BCUT2D eigenvalue weighted by Gasteiger charge is -2.04. The summed E-state index contributed by atoms with van der Waals surface area (Å²) in [6.07, 6.45) is -2.50. The van der Waals surface area contributed by atoms with E-state index in [2.05, 4.69) is 0 Å². The van der Waals surface area contributed by atoms with E-state index in [9.17, 15) is 13.6 Å². The average Bonchev–Trinajstić information content (AvgIpc) is 2.15. The van der Waals surface area contributed by atoms with E-state index in [1.807, 2.05) is 0 Å². The Morgan fingerprint density at radius 3 is 2.36 bits per heavy atom. The van der Waals surface area contributed by atoms with E-state index in [0.29, 0.717) is 5.75 Å². The van der Waals surface area contributed by atoms with Gasteiger partial charge in [0.05, 0.1) is 0 Å². The second kappa shape index (κ2) is 4.55. The lowest BCUT2D eigenvalue weighted by Crippen LogP contribution is -2.19. The first-order valence-electron chi connectivity index (χ1n) is 3.89. The van der Waals surface area contributed by atoms with Gasteiger partial charge in [-0.2, -0.15) is 0 Å². The molecule has 0 aliphatic rings. The van der Waals surface area contributed by atoms with Gasteiger partial charge in [0.25, 0.3) is 12.3 Å². The Morgan fingerprint density at radius 2 is 1.93 bits per heavy atom. The number of amides is 1. The molecule has 1 rings (SSSR count). The number of rotatable bonds is 4. The molecule has 0 saturated heterocycles. The van der Waals surface area contributed by atoms with Crippen LogP contribution in [0.2, 0.25) is 0 Å². The van der Waals surface area contributed by atoms with Crippen molar-refractivity contribution >= 4 is 5.91 Å². The fourth-order valence-electron chi connectivity index (χ4n) is 0.864. The van der Waals surface area contributed by atoms with Crippen LogP contribution < -0.4 is 10.5 Å². The van der Waals surface area contributed by atoms with Crippen LogP contribution in [-0.2, 0) is 4.79 Å². The first-order valence-corrected chi connectivity index (χ1v) is 3.89. The summed E-state index contributed by atoms with van der Waals surface area (Å²) in [7, 11) is 0. The molecule has 0 unspecified atom stereocenters. The molecule has 14 heavy (non-hydrogen) atoms. The highest BCUT2D eigenvalue weighted by Crippen LogP contribution is 2.21. The van der Waals surface area contributed by atoms with Crippen LogP contribution in [0.1, 0.15) is 12.0 Å². The average molecular weight is 201 g/mol. The fourth-order valence-corrected chi connectivity index (χ4v) is 0.864. The van der Waals surface area contributed by atoms with Gasteiger partial charge in [-0.05, 0) is 24.3 Å². The number of ether oxygens (including phenoxy) is 1. The predicted octanol–water partition coefficient (Wildman–Crippen LogP) is 1.49. The molecule has 0 spiro atoms. The van der Waals surface area contributed by atoms with Crippen molar-refractivity contribution in [3.05, 3.63) is 29.8 Å². The summed E-state index contributed by atoms with van der Waals surface area (Å²) < 4.78 is 29.1. The molecule has 76 valence electrons. The Kier molecular flexibility index (Phi) is 3.39. The Bertz CT molecular complexity index is 311. The third-order valence-electron chi connectivity index (χ3n) is 1.51. The standard InChI is InChI=1S/C9H9F2NO2/c10-9(11)6-1-3-7(4-2-6)14-5-8(12)13/h1-4,9H,5H2,(H2,12,13). The van der Waals surface area contributed by atoms with Gasteiger partial charge in [-0.15, -0.1) is 0 Å². The second-order valence-electron chi connectivity index (χ2n) is 2.62. The van der Waals surface area contributed by atoms with Gasteiger partial charge in [-0.1, -0.05) is 0 Å². The number of benzene rings is 1. The molecule has 0 aliphatic heterocycles. The normalized spacial score (nSPS) is 10.2. The van der Waals surface area contributed by atoms with Gasteiger partial charge < -0.3 is 10.5 Å². The van der Waals surface area contributed by atoms with Crippen LogP contribution in [0.5, 0.6) is 5.75 Å². The van der Waals surface area contributed by atoms with Crippen molar-refractivity contribution in [2.45, 2.75) is 6.43 Å². The van der Waals surface area contributed by atoms with Gasteiger partial charge in [0.2, 0.25) is 0 Å². The molecule has 0 atom stereocenters. The molecule has 0 saturated carbocycles. The number of primary amides is 1. The molecule has 0 aliphatic carbocycles. The number of alkyl halides is 2. The zero-order valence-corrected chi connectivity index (χ0v) is 7.24. The minimum absolute atomic E-state index is 0.0866. The fraction of sp³-hybridized carbons (Fsp3) is 0.222. The van der Waals surface area contributed by atoms with E-state index in [1.165, 1.54) is 24.3 Å². The van der Waals surface area contributed by atoms with Crippen molar-refractivity contribution < 1.29 is 18.3 Å². The SMILES string of the molecule is NC(=O)COc1ccc(C(F)F)cc1. The maximum atomic E-state index is 12.1. The van der Waals surface area contributed by atoms with Gasteiger partial charge in [0.15, 0.2) is 6.61 Å². The minimum Gasteiger partial charge on any atom is -0.484 e. The third kappa shape index (κ3) is 3.01. The van der Waals surface area contributed by atoms with E-state index < -0.39 is 12.3 Å². The van der Waals surface area contributed by atoms with Crippen LogP contribution in [0, 0.1) is 0 Å². The van der Waals surface area contributed by atoms with Gasteiger partial charge >= 0.3 is 0 Å². The Balaban J connectivity index is 2.59. The smallest absolute Gasteiger partial charge is 0.263 e. The van der Waals surface area contributed by atoms with E-state index in [4.69, 9.17) is 10.5 Å². The summed E-state index contributed by atoms with van der Waals surface area (Å²) in [5.74, 6) is -0.267. The van der Waals surface area contributed by atoms with E-state index in [-0.39, 0.29) is 12.2 Å². The van der Waals surface area contributed by atoms with E-state index >= 15 is 0 Å². The molecule has 1 aromatic rings. The molecule has 5 heteroatoms. The van der Waals surface area contributed by atoms with Crippen LogP contribution in [0.15, 0.2) is 24.3 Å². The number of hydrogen-bond donors (Lipinski definition) is 1. The zero-order valence-electron chi connectivity index (χ0n) is 7.24. The molecule has 2 N–H and O–H groups in total. The highest BCUT2D eigenvalue weighted by atomic mass is 19.3. The molecule has 0 aromatic heterocycles. The number of halogens is 2. The van der Waals surface area contributed by atoms with Gasteiger partial charge in [0.1, 0.15) is 5.75 Å². The van der Waals surface area contributed by atoms with Crippen molar-refractivity contribution in [1.82, 2.24) is 0 Å². The zero-order chi connectivity index (χ0) is 10.6. The van der Waals surface area contributed by atoms with Crippen LogP contribution in [0.3, 0.4) is 0 Å². The molecule has 0 heterocycles. The molecular weight excluding hydrogens is 192 g/mol. The first kappa shape index (κ1) is 10.4. The summed E-state index contributed by atoms with van der Waals surface area (Å²) in [4.78, 5) is 10.3. The topological polar surface area (TPSA) is 52.3 Å². The van der Waals surface area contributed by atoms with Gasteiger partial charge in [-0.3, -0.25) is 4.79 Å². The van der Waals surface area contributed by atoms with Gasteiger partial charge in [0, 0.05) is 5.56 Å². The summed E-state index contributed by atoms with van der Waals surface area (Å²) in [5.41, 5.74) is 4.75. The van der Waals surface area contributed by atoms with Crippen LogP contribution in [0.25, 0.3) is 0 Å². The third-order valence-corrected chi connectivity index (χ3v) is 1.51. The van der Waals surface area contributed by atoms with Crippen molar-refractivity contribution in [1.29, 1.82) is 0 Å². The highest BCUT2D eigenvalue weighted by molar-refractivity contribution is 5.75. The first-order chi connectivity index (χ1) is 6.59. The van der Waals surface area contributed by atoms with Crippen molar-refractivity contribution in [2.75, 3.05) is 6.61 Å². The van der Waals surface area contributed by atoms with Crippen LogP contribution in [0.4, 0.5) is 8.78 Å². The largest absolute Gasteiger partial charge is 0.484 e. The second-order valence-corrected chi connectivity index (χ2v) is 2.62. The molecule has 1 amide bonds. The quantitative estimate of drug-likeness (QED) is 0.802. The summed E-state index contributed by atoms with van der Waals surface area (Å²) in [6.45, 7) is -0.256. The molecule has 0 bridgehead atoms. The van der Waals surface area contributed by atoms with Crippen molar-refractivity contribution in [3.63, 3.8) is 0 Å². The number of nitrogens with two attached hydrogens (primary N) is 1. The van der Waals surface area contributed by atoms with E-state index in [1.54, 1.807) is 0 Å². The Morgan fingerprint density at radius 1 is 1.36 bits per heavy atom. The molecule has 3 nitrogen and oxygen atoms in total. The molecule has 0 fully saturated rings. The minimum atomic E-state index is -2.50. The number of hydrogen-bond acceptors (Lipinski definition) is 2. The Hall–Kier alpha value is -1.65. The highest BCUT2D eigenvalue weighted by Gasteiger charge is 2.06. The maximum absolute atomic E-state index is 12.1.